The van der Waals surface area contributed by atoms with Gasteiger partial charge in [0.2, 0.25) is 0 Å². The fourth-order valence-corrected chi connectivity index (χ4v) is 1.56. The van der Waals surface area contributed by atoms with Gasteiger partial charge in [-0.15, -0.1) is 11.3 Å². The van der Waals surface area contributed by atoms with Crippen LogP contribution < -0.4 is 0 Å². The predicted molar refractivity (Wildman–Crippen MR) is 54.4 cm³/mol. The Hall–Kier alpha value is -0.280. The summed E-state index contributed by atoms with van der Waals surface area (Å²) in [5.74, 6) is 0.904. The molecule has 0 aliphatic heterocycles. The monoisotopic (exact) mass is 185 g/mol. The average molecular weight is 185 g/mol. The Morgan fingerprint density at radius 2 is 2.55 bits per heavy atom. The molecule has 0 aliphatic rings. The second-order valence-corrected chi connectivity index (χ2v) is 3.94. The number of thiol groups is 1. The second-order valence-electron chi connectivity index (χ2n) is 2.22. The predicted octanol–water partition coefficient (Wildman–Crippen LogP) is 2.78. The highest BCUT2D eigenvalue weighted by molar-refractivity contribution is 7.80. The van der Waals surface area contributed by atoms with E-state index in [0.717, 1.165) is 17.2 Å². The number of aromatic nitrogens is 1. The minimum atomic E-state index is 0.904. The van der Waals surface area contributed by atoms with Crippen LogP contribution in [0.2, 0.25) is 0 Å². The van der Waals surface area contributed by atoms with Crippen LogP contribution in [0.15, 0.2) is 12.3 Å². The van der Waals surface area contributed by atoms with E-state index in [-0.39, 0.29) is 0 Å². The molecule has 3 heteroatoms. The van der Waals surface area contributed by atoms with Gasteiger partial charge in [0, 0.05) is 11.1 Å². The van der Waals surface area contributed by atoms with E-state index in [1.165, 1.54) is 4.88 Å². The summed E-state index contributed by atoms with van der Waals surface area (Å²) in [4.78, 5) is 5.45. The molecule has 1 rings (SSSR count). The molecule has 0 spiro atoms. The molecular weight excluding hydrogens is 174 g/mol. The maximum absolute atomic E-state index is 4.19. The van der Waals surface area contributed by atoms with Gasteiger partial charge in [-0.2, -0.15) is 12.6 Å². The highest BCUT2D eigenvalue weighted by atomic mass is 32.1. The molecule has 0 amide bonds. The quantitative estimate of drug-likeness (QED) is 0.714. The number of allylic oxidation sites excluding steroid dienone is 1. The summed E-state index contributed by atoms with van der Waals surface area (Å²) < 4.78 is 0. The minimum Gasteiger partial charge on any atom is -0.245 e. The molecule has 0 atom stereocenters. The molecule has 0 unspecified atom stereocenters. The Balaban J connectivity index is 2.50. The summed E-state index contributed by atoms with van der Waals surface area (Å²) in [6.45, 7) is 2.06. The van der Waals surface area contributed by atoms with E-state index in [4.69, 9.17) is 0 Å². The molecule has 0 fully saturated rings. The first-order valence-corrected chi connectivity index (χ1v) is 4.97. The van der Waals surface area contributed by atoms with Gasteiger partial charge in [0.1, 0.15) is 5.01 Å². The van der Waals surface area contributed by atoms with Gasteiger partial charge in [-0.05, 0) is 25.2 Å². The normalized spacial score (nSPS) is 11.1. The Kier molecular flexibility index (Phi) is 3.66. The first kappa shape index (κ1) is 8.81. The van der Waals surface area contributed by atoms with Crippen molar-refractivity contribution in [3.63, 3.8) is 0 Å². The van der Waals surface area contributed by atoms with Crippen molar-refractivity contribution in [3.05, 3.63) is 22.2 Å². The van der Waals surface area contributed by atoms with Gasteiger partial charge in [0.05, 0.1) is 0 Å². The van der Waals surface area contributed by atoms with Gasteiger partial charge in [-0.1, -0.05) is 6.08 Å². The number of hydrogen-bond acceptors (Lipinski definition) is 3. The molecule has 0 saturated carbocycles. The summed E-state index contributed by atoms with van der Waals surface area (Å²) in [7, 11) is 0. The Morgan fingerprint density at radius 3 is 3.09 bits per heavy atom. The second kappa shape index (κ2) is 4.57. The highest BCUT2D eigenvalue weighted by Crippen LogP contribution is 2.12. The third-order valence-corrected chi connectivity index (χ3v) is 2.33. The van der Waals surface area contributed by atoms with Crippen LogP contribution in [0.5, 0.6) is 0 Å². The van der Waals surface area contributed by atoms with Crippen LogP contribution >= 0.6 is 24.0 Å². The van der Waals surface area contributed by atoms with Crippen molar-refractivity contribution >= 4 is 30.0 Å². The molecule has 0 radical (unpaired) electrons. The third-order valence-electron chi connectivity index (χ3n) is 1.20. The first-order valence-electron chi connectivity index (χ1n) is 3.53. The van der Waals surface area contributed by atoms with E-state index in [0.29, 0.717) is 0 Å². The molecule has 60 valence electrons. The standard InChI is InChI=1S/C8H11NS2/c1-7-6-9-8(11-7)4-2-3-5-10/h2,4,6,10H,3,5H2,1H3. The molecule has 1 aromatic rings. The van der Waals surface area contributed by atoms with E-state index in [9.17, 15) is 0 Å². The van der Waals surface area contributed by atoms with Gasteiger partial charge in [-0.3, -0.25) is 0 Å². The molecule has 0 aliphatic carbocycles. The zero-order valence-corrected chi connectivity index (χ0v) is 8.16. The van der Waals surface area contributed by atoms with Crippen LogP contribution in [0.25, 0.3) is 6.08 Å². The number of nitrogens with zero attached hydrogens (tertiary/aromatic N) is 1. The largest absolute Gasteiger partial charge is 0.245 e. The number of rotatable bonds is 3. The lowest BCUT2D eigenvalue weighted by Gasteiger charge is -1.82. The van der Waals surface area contributed by atoms with Crippen molar-refractivity contribution in [1.29, 1.82) is 0 Å². The maximum Gasteiger partial charge on any atom is 0.115 e. The zero-order valence-electron chi connectivity index (χ0n) is 6.45. The molecule has 0 bridgehead atoms. The summed E-state index contributed by atoms with van der Waals surface area (Å²) >= 11 is 5.82. The van der Waals surface area contributed by atoms with Crippen LogP contribution in [-0.4, -0.2) is 10.7 Å². The smallest absolute Gasteiger partial charge is 0.115 e. The number of hydrogen-bond donors (Lipinski definition) is 1. The van der Waals surface area contributed by atoms with Crippen LogP contribution in [0.4, 0.5) is 0 Å². The molecule has 11 heavy (non-hydrogen) atoms. The van der Waals surface area contributed by atoms with Crippen molar-refractivity contribution in [1.82, 2.24) is 4.98 Å². The molecule has 0 N–H and O–H groups in total. The van der Waals surface area contributed by atoms with Crippen molar-refractivity contribution in [3.8, 4) is 0 Å². The van der Waals surface area contributed by atoms with E-state index in [2.05, 4.69) is 30.6 Å². The van der Waals surface area contributed by atoms with Crippen LogP contribution in [0, 0.1) is 6.92 Å². The van der Waals surface area contributed by atoms with Crippen LogP contribution in [-0.2, 0) is 0 Å². The van der Waals surface area contributed by atoms with E-state index >= 15 is 0 Å². The number of aryl methyl sites for hydroxylation is 1. The SMILES string of the molecule is Cc1cnc(C=CCCS)s1. The molecule has 1 nitrogen and oxygen atoms in total. The van der Waals surface area contributed by atoms with E-state index in [1.54, 1.807) is 11.3 Å². The lowest BCUT2D eigenvalue weighted by molar-refractivity contribution is 1.26. The maximum atomic E-state index is 4.19. The first-order chi connectivity index (χ1) is 5.33. The Morgan fingerprint density at radius 1 is 1.73 bits per heavy atom. The summed E-state index contributed by atoms with van der Waals surface area (Å²) in [5.41, 5.74) is 0. The summed E-state index contributed by atoms with van der Waals surface area (Å²) in [6.07, 6.45) is 7.06. The van der Waals surface area contributed by atoms with Crippen molar-refractivity contribution in [2.45, 2.75) is 13.3 Å². The molecule has 1 heterocycles. The number of thiazole rings is 1. The lowest BCUT2D eigenvalue weighted by Crippen LogP contribution is -1.67. The van der Waals surface area contributed by atoms with Crippen LogP contribution in [0.3, 0.4) is 0 Å². The third kappa shape index (κ3) is 3.08. The Labute approximate surface area is 76.6 Å². The van der Waals surface area contributed by atoms with Crippen molar-refractivity contribution in [2.75, 3.05) is 5.75 Å². The molecular formula is C8H11NS2. The van der Waals surface area contributed by atoms with Crippen molar-refractivity contribution < 1.29 is 0 Å². The fraction of sp³-hybridized carbons (Fsp3) is 0.375. The Bertz CT molecular complexity index is 240. The zero-order chi connectivity index (χ0) is 8.10. The van der Waals surface area contributed by atoms with Gasteiger partial charge in [0.25, 0.3) is 0 Å². The topological polar surface area (TPSA) is 12.9 Å². The van der Waals surface area contributed by atoms with Crippen LogP contribution in [0.1, 0.15) is 16.3 Å². The van der Waals surface area contributed by atoms with E-state index in [1.807, 2.05) is 12.3 Å². The molecule has 0 aromatic carbocycles. The van der Waals surface area contributed by atoms with Crippen molar-refractivity contribution in [2.24, 2.45) is 0 Å². The van der Waals surface area contributed by atoms with E-state index < -0.39 is 0 Å². The minimum absolute atomic E-state index is 0.904. The molecule has 1 aromatic heterocycles. The lowest BCUT2D eigenvalue weighted by atomic mass is 10.4. The fourth-order valence-electron chi connectivity index (χ4n) is 0.708. The average Bonchev–Trinajstić information content (AvgIpc) is 2.37. The summed E-state index contributed by atoms with van der Waals surface area (Å²) in [6, 6.07) is 0. The van der Waals surface area contributed by atoms with Gasteiger partial charge in [-0.25, -0.2) is 4.98 Å². The van der Waals surface area contributed by atoms with Gasteiger partial charge < -0.3 is 0 Å². The summed E-state index contributed by atoms with van der Waals surface area (Å²) in [5, 5.41) is 1.09. The van der Waals surface area contributed by atoms with Gasteiger partial charge >= 0.3 is 0 Å². The molecule has 0 saturated heterocycles. The van der Waals surface area contributed by atoms with Gasteiger partial charge in [0.15, 0.2) is 0 Å². The highest BCUT2D eigenvalue weighted by Gasteiger charge is 1.90.